The van der Waals surface area contributed by atoms with Gasteiger partial charge in [-0.2, -0.15) is 0 Å². The average Bonchev–Trinajstić information content (AvgIpc) is 2.67. The number of rotatable bonds is 6. The second-order valence-corrected chi connectivity index (χ2v) is 5.60. The molecule has 0 aliphatic carbocycles. The highest BCUT2D eigenvalue weighted by Crippen LogP contribution is 2.30. The van der Waals surface area contributed by atoms with Gasteiger partial charge in [0.15, 0.2) is 30.0 Å². The lowest BCUT2D eigenvalue weighted by Crippen LogP contribution is -2.28. The number of esters is 1. The number of hydrogen-bond acceptors (Lipinski definition) is 6. The van der Waals surface area contributed by atoms with Gasteiger partial charge in [0.1, 0.15) is 24.8 Å². The van der Waals surface area contributed by atoms with Gasteiger partial charge in [0.05, 0.1) is 0 Å². The first-order chi connectivity index (χ1) is 12.5. The molecule has 2 aromatic carbocycles. The molecule has 0 saturated carbocycles. The van der Waals surface area contributed by atoms with Crippen LogP contribution in [0.15, 0.2) is 42.5 Å². The molecule has 2 aromatic rings. The Kier molecular flexibility index (Phi) is 5.36. The van der Waals surface area contributed by atoms with Gasteiger partial charge in [0, 0.05) is 5.56 Å². The molecule has 1 aliphatic rings. The van der Waals surface area contributed by atoms with E-state index < -0.39 is 24.5 Å². The smallest absolute Gasteiger partial charge is 0.347 e. The Balaban J connectivity index is 1.53. The Bertz CT molecular complexity index is 802. The quantitative estimate of drug-likeness (QED) is 0.583. The van der Waals surface area contributed by atoms with Gasteiger partial charge in [-0.1, -0.05) is 0 Å². The number of carbonyl (C=O) groups is 2. The molecule has 0 amide bonds. The van der Waals surface area contributed by atoms with E-state index in [9.17, 15) is 14.0 Å². The lowest BCUT2D eigenvalue weighted by Gasteiger charge is -2.18. The van der Waals surface area contributed by atoms with Gasteiger partial charge in [-0.25, -0.2) is 9.18 Å². The SMILES string of the molecule is C[C@H](Oc1ccc(F)cc1)C(=O)OCC(=O)c1ccc2c(c1)OCCO2. The van der Waals surface area contributed by atoms with Crippen LogP contribution in [0.2, 0.25) is 0 Å². The van der Waals surface area contributed by atoms with E-state index in [1.54, 1.807) is 18.2 Å². The van der Waals surface area contributed by atoms with E-state index in [1.165, 1.54) is 31.2 Å². The van der Waals surface area contributed by atoms with Gasteiger partial charge in [-0.05, 0) is 49.4 Å². The maximum atomic E-state index is 12.9. The average molecular weight is 360 g/mol. The van der Waals surface area contributed by atoms with E-state index in [0.717, 1.165) is 0 Å². The summed E-state index contributed by atoms with van der Waals surface area (Å²) in [4.78, 5) is 24.2. The van der Waals surface area contributed by atoms with Gasteiger partial charge >= 0.3 is 5.97 Å². The highest BCUT2D eigenvalue weighted by molar-refractivity contribution is 5.98. The molecule has 6 nitrogen and oxygen atoms in total. The minimum atomic E-state index is -0.937. The van der Waals surface area contributed by atoms with E-state index in [-0.39, 0.29) is 5.78 Å². The van der Waals surface area contributed by atoms with Crippen molar-refractivity contribution in [1.82, 2.24) is 0 Å². The third kappa shape index (κ3) is 4.30. The zero-order valence-corrected chi connectivity index (χ0v) is 14.1. The van der Waals surface area contributed by atoms with Crippen LogP contribution >= 0.6 is 0 Å². The molecule has 1 heterocycles. The molecule has 0 aromatic heterocycles. The number of carbonyl (C=O) groups excluding carboxylic acids is 2. The topological polar surface area (TPSA) is 71.1 Å². The van der Waals surface area contributed by atoms with Crippen LogP contribution in [0.5, 0.6) is 17.2 Å². The molecule has 0 bridgehead atoms. The summed E-state index contributed by atoms with van der Waals surface area (Å²) >= 11 is 0. The van der Waals surface area contributed by atoms with Crippen molar-refractivity contribution < 1.29 is 32.9 Å². The van der Waals surface area contributed by atoms with E-state index in [0.29, 0.717) is 36.0 Å². The molecule has 1 atom stereocenters. The van der Waals surface area contributed by atoms with Crippen molar-refractivity contribution in [3.8, 4) is 17.2 Å². The minimum absolute atomic E-state index is 0.328. The molecule has 7 heteroatoms. The van der Waals surface area contributed by atoms with Crippen LogP contribution in [0.25, 0.3) is 0 Å². The number of Topliss-reactive ketones (excluding diaryl/α,β-unsaturated/α-hetero) is 1. The first-order valence-corrected chi connectivity index (χ1v) is 8.04. The summed E-state index contributed by atoms with van der Waals surface area (Å²) in [6.45, 7) is 1.94. The van der Waals surface area contributed by atoms with Crippen LogP contribution in [0.1, 0.15) is 17.3 Å². The largest absolute Gasteiger partial charge is 0.486 e. The summed E-state index contributed by atoms with van der Waals surface area (Å²) in [5, 5.41) is 0. The third-order valence-electron chi connectivity index (χ3n) is 3.67. The zero-order chi connectivity index (χ0) is 18.5. The minimum Gasteiger partial charge on any atom is -0.486 e. The number of ether oxygens (including phenoxy) is 4. The van der Waals surface area contributed by atoms with Crippen LogP contribution in [-0.2, 0) is 9.53 Å². The van der Waals surface area contributed by atoms with Crippen LogP contribution < -0.4 is 14.2 Å². The monoisotopic (exact) mass is 360 g/mol. The molecule has 26 heavy (non-hydrogen) atoms. The van der Waals surface area contributed by atoms with Crippen molar-refractivity contribution in [2.75, 3.05) is 19.8 Å². The lowest BCUT2D eigenvalue weighted by molar-refractivity contribution is -0.149. The maximum absolute atomic E-state index is 12.9. The number of hydrogen-bond donors (Lipinski definition) is 0. The summed E-state index contributed by atoms with van der Waals surface area (Å²) < 4.78 is 34.0. The van der Waals surface area contributed by atoms with Crippen molar-refractivity contribution in [2.45, 2.75) is 13.0 Å². The van der Waals surface area contributed by atoms with Crippen molar-refractivity contribution >= 4 is 11.8 Å². The molecule has 0 fully saturated rings. The number of ketones is 1. The highest BCUT2D eigenvalue weighted by Gasteiger charge is 2.20. The number of benzene rings is 2. The van der Waals surface area contributed by atoms with Crippen LogP contribution in [0.3, 0.4) is 0 Å². The van der Waals surface area contributed by atoms with Crippen molar-refractivity contribution in [3.05, 3.63) is 53.8 Å². The summed E-state index contributed by atoms with van der Waals surface area (Å²) in [7, 11) is 0. The van der Waals surface area contributed by atoms with Crippen molar-refractivity contribution in [2.24, 2.45) is 0 Å². The number of halogens is 1. The molecular weight excluding hydrogens is 343 g/mol. The summed E-state index contributed by atoms with van der Waals surface area (Å²) in [6.07, 6.45) is -0.937. The molecule has 1 aliphatic heterocycles. The van der Waals surface area contributed by atoms with Gasteiger partial charge in [0.2, 0.25) is 0 Å². The van der Waals surface area contributed by atoms with Crippen LogP contribution in [-0.4, -0.2) is 37.7 Å². The summed E-state index contributed by atoms with van der Waals surface area (Å²) in [6, 6.07) is 10.0. The Morgan fingerprint density at radius 1 is 1.08 bits per heavy atom. The van der Waals surface area contributed by atoms with Crippen molar-refractivity contribution in [1.29, 1.82) is 0 Å². The molecule has 0 saturated heterocycles. The van der Waals surface area contributed by atoms with Gasteiger partial charge < -0.3 is 18.9 Å². The molecule has 3 rings (SSSR count). The Morgan fingerprint density at radius 2 is 1.77 bits per heavy atom. The standard InChI is InChI=1S/C19H17FO6/c1-12(26-15-5-3-14(20)4-6-15)19(22)25-11-16(21)13-2-7-17-18(10-13)24-9-8-23-17/h2-7,10,12H,8-9,11H2,1H3/t12-/m0/s1. The second kappa shape index (κ2) is 7.86. The highest BCUT2D eigenvalue weighted by atomic mass is 19.1. The van der Waals surface area contributed by atoms with Crippen molar-refractivity contribution in [3.63, 3.8) is 0 Å². The first kappa shape index (κ1) is 17.7. The van der Waals surface area contributed by atoms with E-state index in [2.05, 4.69) is 0 Å². The van der Waals surface area contributed by atoms with Gasteiger partial charge in [0.25, 0.3) is 0 Å². The van der Waals surface area contributed by atoms with Crippen LogP contribution in [0, 0.1) is 5.82 Å². The molecular formula is C19H17FO6. The first-order valence-electron chi connectivity index (χ1n) is 8.04. The fourth-order valence-corrected chi connectivity index (χ4v) is 2.32. The summed E-state index contributed by atoms with van der Waals surface area (Å²) in [5.41, 5.74) is 0.356. The predicted molar refractivity (Wildman–Crippen MR) is 89.2 cm³/mol. The Morgan fingerprint density at radius 3 is 2.50 bits per heavy atom. The summed E-state index contributed by atoms with van der Waals surface area (Å²) in [5.74, 6) is -0.0799. The lowest BCUT2D eigenvalue weighted by atomic mass is 10.1. The molecule has 0 spiro atoms. The molecule has 0 unspecified atom stereocenters. The van der Waals surface area contributed by atoms with Gasteiger partial charge in [-0.3, -0.25) is 4.79 Å². The van der Waals surface area contributed by atoms with Crippen LogP contribution in [0.4, 0.5) is 4.39 Å². The Labute approximate surface area is 149 Å². The Hall–Kier alpha value is -3.09. The second-order valence-electron chi connectivity index (χ2n) is 5.60. The molecule has 136 valence electrons. The third-order valence-corrected chi connectivity index (χ3v) is 3.67. The fourth-order valence-electron chi connectivity index (χ4n) is 2.32. The zero-order valence-electron chi connectivity index (χ0n) is 14.1. The van der Waals surface area contributed by atoms with E-state index in [1.807, 2.05) is 0 Å². The normalized spacial score (nSPS) is 13.6. The van der Waals surface area contributed by atoms with E-state index in [4.69, 9.17) is 18.9 Å². The fraction of sp³-hybridized carbons (Fsp3) is 0.263. The van der Waals surface area contributed by atoms with Gasteiger partial charge in [-0.15, -0.1) is 0 Å². The molecule has 0 N–H and O–H groups in total. The molecule has 0 radical (unpaired) electrons. The maximum Gasteiger partial charge on any atom is 0.347 e. The van der Waals surface area contributed by atoms with E-state index >= 15 is 0 Å². The predicted octanol–water partition coefficient (Wildman–Crippen LogP) is 2.79. The number of fused-ring (bicyclic) bond motifs is 1.